The first-order chi connectivity index (χ1) is 40.1. The molecule has 10 aliphatic rings. The van der Waals surface area contributed by atoms with E-state index in [1.165, 1.54) is 0 Å². The number of benzene rings is 2. The van der Waals surface area contributed by atoms with E-state index in [-0.39, 0.29) is 249 Å². The van der Waals surface area contributed by atoms with Crippen molar-refractivity contribution in [2.45, 2.75) is 244 Å². The fourth-order valence-electron chi connectivity index (χ4n) is 19.6. The number of hydrogen-bond acceptors (Lipinski definition) is 16. The van der Waals surface area contributed by atoms with Gasteiger partial charge >= 0.3 is 11.9 Å². The van der Waals surface area contributed by atoms with Crippen molar-refractivity contribution in [3.05, 3.63) is 94.1 Å². The van der Waals surface area contributed by atoms with E-state index >= 15 is 0 Å². The Kier molecular flexibility index (Phi) is 25.4. The van der Waals surface area contributed by atoms with Gasteiger partial charge in [0.1, 0.15) is 29.5 Å². The first-order valence-corrected chi connectivity index (χ1v) is 31.7. The smallest absolute Gasteiger partial charge is 0.336 e. The van der Waals surface area contributed by atoms with E-state index in [0.29, 0.717) is 41.6 Å². The molecule has 492 valence electrons. The van der Waals surface area contributed by atoms with Crippen LogP contribution in [0.2, 0.25) is 0 Å². The zero-order valence-corrected chi connectivity index (χ0v) is 75.2. The van der Waals surface area contributed by atoms with Crippen LogP contribution in [0.4, 0.5) is 0 Å². The number of esters is 1. The molecule has 0 amide bonds. The molecule has 0 aromatic heterocycles. The maximum absolute atomic E-state index is 14.4. The maximum atomic E-state index is 14.4. The Morgan fingerprint density at radius 3 is 1.26 bits per heavy atom. The SMILES string of the molecule is CC1(C)CC(c2ccccc2)C(C(=O)O)O1.CC1=C2C(O)C(=O)[C@@]3(C)C([C@H](C)C(O)(CC1O)C2(C)C)[C@]1(O)COC1C[C@@H]3C.CC1=C2C(O)C(=O)[C@@]3(C)C([C@H](C)C(O)(CC1OC(=O)[C@@H]1OC(C)(C)CC1c1ccccc1)C2(C)C)[C@]1(O)COC1C[C@@H]3C.[Ac].[Ac].[Ac].[Ac]. The van der Waals surface area contributed by atoms with Crippen LogP contribution in [0.5, 0.6) is 0 Å². The fraction of sp³-hybridized carbons (Fsp3) is 0.714. The summed E-state index contributed by atoms with van der Waals surface area (Å²) in [4.78, 5) is 53.3. The molecule has 21 heteroatoms. The van der Waals surface area contributed by atoms with E-state index in [1.54, 1.807) is 13.8 Å². The normalized spacial score (nSPS) is 44.0. The Bertz CT molecular complexity index is 3120. The average molecular weight is 2120 g/mol. The number of carbonyl (C=O) groups is 4. The summed E-state index contributed by atoms with van der Waals surface area (Å²) < 4.78 is 29.5. The third kappa shape index (κ3) is 13.0. The number of ether oxygens (including phenoxy) is 5. The number of carboxylic acid groups (broad SMARTS) is 1. The van der Waals surface area contributed by atoms with Crippen LogP contribution in [0.1, 0.15) is 172 Å². The third-order valence-electron chi connectivity index (χ3n) is 24.9. The molecule has 12 rings (SSSR count). The molecular formula is C70H98Ac4O17. The van der Waals surface area contributed by atoms with E-state index in [0.717, 1.165) is 17.5 Å². The van der Waals surface area contributed by atoms with Crippen LogP contribution in [0, 0.1) is 233 Å². The predicted molar refractivity (Wildman–Crippen MR) is 322 cm³/mol. The molecule has 2 aromatic rings. The van der Waals surface area contributed by atoms with E-state index < -0.39 is 128 Å². The minimum Gasteiger partial charge on any atom is -0.479 e. The monoisotopic (exact) mass is 2120 g/mol. The molecule has 4 radical (unpaired) electrons. The average Bonchev–Trinajstić information content (AvgIpc) is 1.01. The number of rotatable bonds is 5. The molecule has 4 bridgehead atoms. The predicted octanol–water partition coefficient (Wildman–Crippen LogP) is 7.72. The van der Waals surface area contributed by atoms with Crippen molar-refractivity contribution in [2.24, 2.45) is 57.2 Å². The summed E-state index contributed by atoms with van der Waals surface area (Å²) in [5.74, 6) is -4.99. The van der Waals surface area contributed by atoms with Gasteiger partial charge in [-0.15, -0.1) is 0 Å². The van der Waals surface area contributed by atoms with Crippen LogP contribution in [0.25, 0.3) is 0 Å². The van der Waals surface area contributed by atoms with Gasteiger partial charge in [0.15, 0.2) is 23.8 Å². The van der Waals surface area contributed by atoms with Crippen LogP contribution in [-0.2, 0) is 42.9 Å². The number of aliphatic hydroxyl groups is 7. The van der Waals surface area contributed by atoms with Crippen LogP contribution in [0.3, 0.4) is 0 Å². The number of carbonyl (C=O) groups excluding carboxylic acids is 3. The molecule has 4 heterocycles. The van der Waals surface area contributed by atoms with E-state index in [2.05, 4.69) is 0 Å². The third-order valence-corrected chi connectivity index (χ3v) is 24.9. The van der Waals surface area contributed by atoms with Gasteiger partial charge in [-0.2, -0.15) is 0 Å². The summed E-state index contributed by atoms with van der Waals surface area (Å²) >= 11 is 0. The van der Waals surface area contributed by atoms with Gasteiger partial charge in [0.25, 0.3) is 0 Å². The van der Waals surface area contributed by atoms with Crippen LogP contribution < -0.4 is 0 Å². The van der Waals surface area contributed by atoms with Crippen molar-refractivity contribution in [3.63, 3.8) is 0 Å². The van der Waals surface area contributed by atoms with E-state index in [1.807, 2.05) is 158 Å². The van der Waals surface area contributed by atoms with Gasteiger partial charge in [0.05, 0.1) is 53.9 Å². The molecule has 4 aliphatic heterocycles. The molecule has 8 fully saturated rings. The Morgan fingerprint density at radius 2 is 0.890 bits per heavy atom. The van der Waals surface area contributed by atoms with Gasteiger partial charge in [-0.1, -0.05) is 130 Å². The van der Waals surface area contributed by atoms with Crippen LogP contribution >= 0.6 is 0 Å². The number of carboxylic acids is 1. The Labute approximate surface area is 681 Å². The standard InChI is InChI=1S/C35H48O8.C22H34O6.C13H16O3.4Ac/c1-18-14-24-34(39,17-41-24)28-20(3)35(40)16-23(19(2)25(32(35,6)7)26(36)29(37)33(18,28)8)42-30(38)27-22(15-31(4,5)43-27)21-12-10-9-11-13-21;1-10-7-14-21(26,9-28-14)17-12(3)22(27)8-13(23)11(2)15(19(22,4)5)16(24)18(25)20(10,17)6;1-13(2)8-10(11(16-13)12(14)15)9-6-4-3-5-7-9;;;;/h9-13,18,20,22-24,26-28,36,39-40H,14-17H2,1-8H3;10,12-14,16-17,23-24,26-27H,7-9H2,1-6H3;3-7,10-11H,8H2,1-2H3,(H,14,15);;;;/t18-,20-,22?,23?,24?,26?,27+,28?,33+,34-,35?;10-,12-,13?,14?,16?,17?,20+,21-,22?;;;;;/m00...../s1. The minimum absolute atomic E-state index is 0. The van der Waals surface area contributed by atoms with Crippen molar-refractivity contribution < 1.29 is 260 Å². The zero-order valence-electron chi connectivity index (χ0n) is 56.2. The first-order valence-electron chi connectivity index (χ1n) is 31.7. The van der Waals surface area contributed by atoms with Gasteiger partial charge in [0, 0.05) is 234 Å². The summed E-state index contributed by atoms with van der Waals surface area (Å²) in [5, 5.41) is 91.4. The summed E-state index contributed by atoms with van der Waals surface area (Å²) in [6.07, 6.45) is -4.54. The molecule has 13 unspecified atom stereocenters. The molecule has 4 saturated carbocycles. The molecule has 2 aromatic carbocycles. The molecule has 4 saturated heterocycles. The van der Waals surface area contributed by atoms with Gasteiger partial charge in [-0.25, -0.2) is 9.59 Å². The Hall–Kier alpha value is 1.53. The van der Waals surface area contributed by atoms with E-state index in [9.17, 15) is 54.9 Å². The van der Waals surface area contributed by atoms with Crippen molar-refractivity contribution in [2.75, 3.05) is 13.2 Å². The van der Waals surface area contributed by atoms with Crippen molar-refractivity contribution >= 4 is 23.5 Å². The number of ketones is 2. The molecule has 17 nitrogen and oxygen atoms in total. The number of fused-ring (bicyclic) bond motifs is 10. The fourth-order valence-corrected chi connectivity index (χ4v) is 19.6. The molecule has 22 atom stereocenters. The minimum atomic E-state index is -1.53. The van der Waals surface area contributed by atoms with Crippen molar-refractivity contribution in [1.29, 1.82) is 0 Å². The van der Waals surface area contributed by atoms with Gasteiger partial charge in [-0.05, 0) is 124 Å². The second kappa shape index (κ2) is 28.4. The molecular weight excluding hydrogens is 2020 g/mol. The van der Waals surface area contributed by atoms with Crippen LogP contribution in [0.15, 0.2) is 83.0 Å². The zero-order chi connectivity index (χ0) is 64.3. The topological polar surface area (TPSA) is 276 Å². The number of aliphatic hydroxyl groups excluding tert-OH is 3. The van der Waals surface area contributed by atoms with Gasteiger partial charge in [-0.3, -0.25) is 9.59 Å². The van der Waals surface area contributed by atoms with Crippen molar-refractivity contribution in [3.8, 4) is 0 Å². The Balaban J connectivity index is 0.000000236. The number of hydrogen-bond donors (Lipinski definition) is 8. The second-order valence-corrected chi connectivity index (χ2v) is 31.0. The van der Waals surface area contributed by atoms with Gasteiger partial charge in [0.2, 0.25) is 0 Å². The summed E-state index contributed by atoms with van der Waals surface area (Å²) in [6, 6.07) is 19.5. The first kappa shape index (κ1) is 81.5. The van der Waals surface area contributed by atoms with Crippen LogP contribution in [-0.4, -0.2) is 160 Å². The Morgan fingerprint density at radius 1 is 0.527 bits per heavy atom. The van der Waals surface area contributed by atoms with Gasteiger partial charge < -0.3 is 64.5 Å². The quantitative estimate of drug-likeness (QED) is 0.105. The molecule has 8 N–H and O–H groups in total. The number of aliphatic carboxylic acids is 1. The van der Waals surface area contributed by atoms with E-state index in [4.69, 9.17) is 28.8 Å². The maximum Gasteiger partial charge on any atom is 0.336 e. The second-order valence-electron chi connectivity index (χ2n) is 31.0. The molecule has 0 spiro atoms. The summed E-state index contributed by atoms with van der Waals surface area (Å²) in [7, 11) is 0. The number of Topliss-reactive ketones (excluding diaryl/α,β-unsaturated/α-hetero) is 2. The molecule has 6 aliphatic carbocycles. The van der Waals surface area contributed by atoms with Crippen molar-refractivity contribution in [1.82, 2.24) is 0 Å². The summed E-state index contributed by atoms with van der Waals surface area (Å²) in [5.41, 5.74) is -6.42. The largest absolute Gasteiger partial charge is 0.479 e. The molecule has 91 heavy (non-hydrogen) atoms. The summed E-state index contributed by atoms with van der Waals surface area (Å²) in [6.45, 7) is 30.3.